The number of rotatable bonds is 3. The first kappa shape index (κ1) is 20.7. The molecule has 2 fully saturated rings. The Morgan fingerprint density at radius 2 is 1.85 bits per heavy atom. The van der Waals surface area contributed by atoms with Gasteiger partial charge in [0.1, 0.15) is 5.54 Å². The molecule has 3 atom stereocenters. The Hall–Kier alpha value is -1.63. The standard InChI is InChI=1S/C19H27N3O3.ClH/c1-18(2)15-14(6-5-11-25-15)19(18,20)17(24)21-13-9-7-12(8-10-13)16(23)22(3)4;/h7-10,14-15H,5-6,11,20H2,1-4H3,(H,21,24);1H. The maximum Gasteiger partial charge on any atom is 0.253 e. The second-order valence-electron chi connectivity index (χ2n) is 7.86. The van der Waals surface area contributed by atoms with Gasteiger partial charge in [-0.3, -0.25) is 9.59 Å². The maximum atomic E-state index is 12.9. The van der Waals surface area contributed by atoms with E-state index in [1.165, 1.54) is 4.90 Å². The Kier molecular flexibility index (Phi) is 5.71. The van der Waals surface area contributed by atoms with Crippen LogP contribution in [0.1, 0.15) is 37.0 Å². The Morgan fingerprint density at radius 1 is 1.23 bits per heavy atom. The number of amides is 2. The van der Waals surface area contributed by atoms with Gasteiger partial charge in [0.2, 0.25) is 5.91 Å². The van der Waals surface area contributed by atoms with Crippen molar-refractivity contribution in [1.29, 1.82) is 0 Å². The smallest absolute Gasteiger partial charge is 0.253 e. The van der Waals surface area contributed by atoms with Crippen molar-refractivity contribution in [1.82, 2.24) is 4.90 Å². The van der Waals surface area contributed by atoms with Gasteiger partial charge < -0.3 is 20.7 Å². The number of hydrogen-bond donors (Lipinski definition) is 2. The molecule has 3 N–H and O–H groups in total. The quantitative estimate of drug-likeness (QED) is 0.841. The Balaban J connectivity index is 0.00000243. The van der Waals surface area contributed by atoms with Crippen LogP contribution in [0.4, 0.5) is 5.69 Å². The molecule has 3 rings (SSSR count). The van der Waals surface area contributed by atoms with E-state index in [4.69, 9.17) is 10.5 Å². The molecule has 1 aliphatic carbocycles. The van der Waals surface area contributed by atoms with Crippen LogP contribution in [0.3, 0.4) is 0 Å². The normalized spacial score (nSPS) is 28.8. The van der Waals surface area contributed by atoms with Gasteiger partial charge in [-0.15, -0.1) is 12.4 Å². The zero-order valence-electron chi connectivity index (χ0n) is 15.7. The molecule has 0 spiro atoms. The van der Waals surface area contributed by atoms with Crippen molar-refractivity contribution in [3.63, 3.8) is 0 Å². The lowest BCUT2D eigenvalue weighted by atomic mass is 9.46. The lowest BCUT2D eigenvalue weighted by Crippen LogP contribution is -2.81. The lowest BCUT2D eigenvalue weighted by molar-refractivity contribution is -0.222. The van der Waals surface area contributed by atoms with E-state index < -0.39 is 11.0 Å². The van der Waals surface area contributed by atoms with Crippen molar-refractivity contribution >= 4 is 29.9 Å². The predicted molar refractivity (Wildman–Crippen MR) is 104 cm³/mol. The van der Waals surface area contributed by atoms with Gasteiger partial charge in [-0.25, -0.2) is 0 Å². The van der Waals surface area contributed by atoms with Crippen LogP contribution in [0, 0.1) is 11.3 Å². The molecule has 1 saturated carbocycles. The van der Waals surface area contributed by atoms with Crippen molar-refractivity contribution in [2.45, 2.75) is 38.3 Å². The average molecular weight is 382 g/mol. The summed E-state index contributed by atoms with van der Waals surface area (Å²) in [4.78, 5) is 26.4. The van der Waals surface area contributed by atoms with Gasteiger partial charge in [-0.05, 0) is 37.1 Å². The van der Waals surface area contributed by atoms with E-state index in [1.807, 2.05) is 13.8 Å². The fourth-order valence-corrected chi connectivity index (χ4v) is 4.23. The van der Waals surface area contributed by atoms with Crippen LogP contribution in [0.15, 0.2) is 24.3 Å². The molecule has 26 heavy (non-hydrogen) atoms. The van der Waals surface area contributed by atoms with Gasteiger partial charge in [0.15, 0.2) is 0 Å². The van der Waals surface area contributed by atoms with Gasteiger partial charge in [0, 0.05) is 43.3 Å². The first-order valence-electron chi connectivity index (χ1n) is 8.73. The predicted octanol–water partition coefficient (Wildman–Crippen LogP) is 2.28. The van der Waals surface area contributed by atoms with Crippen molar-refractivity contribution in [3.05, 3.63) is 29.8 Å². The molecule has 0 aromatic heterocycles. The highest BCUT2D eigenvalue weighted by Gasteiger charge is 2.70. The van der Waals surface area contributed by atoms with Crippen molar-refractivity contribution in [2.75, 3.05) is 26.0 Å². The number of nitrogens with one attached hydrogen (secondary N) is 1. The first-order valence-corrected chi connectivity index (χ1v) is 8.73. The maximum absolute atomic E-state index is 12.9. The molecule has 0 bridgehead atoms. The zero-order chi connectivity index (χ0) is 18.4. The molecule has 7 heteroatoms. The van der Waals surface area contributed by atoms with Crippen LogP contribution in [-0.2, 0) is 9.53 Å². The van der Waals surface area contributed by atoms with E-state index in [2.05, 4.69) is 5.32 Å². The summed E-state index contributed by atoms with van der Waals surface area (Å²) < 4.78 is 5.85. The molecule has 0 radical (unpaired) electrons. The summed E-state index contributed by atoms with van der Waals surface area (Å²) in [5.41, 5.74) is 6.45. The van der Waals surface area contributed by atoms with Crippen molar-refractivity contribution in [3.8, 4) is 0 Å². The Labute approximate surface area is 160 Å². The zero-order valence-corrected chi connectivity index (χ0v) is 16.6. The topological polar surface area (TPSA) is 84.7 Å². The van der Waals surface area contributed by atoms with E-state index in [-0.39, 0.29) is 36.2 Å². The summed E-state index contributed by atoms with van der Waals surface area (Å²) in [6, 6.07) is 6.89. The number of anilines is 1. The number of benzene rings is 1. The molecule has 1 aromatic carbocycles. The first-order chi connectivity index (χ1) is 11.7. The number of fused-ring (bicyclic) bond motifs is 1. The number of carbonyl (C=O) groups is 2. The van der Waals surface area contributed by atoms with Crippen LogP contribution >= 0.6 is 12.4 Å². The Morgan fingerprint density at radius 3 is 2.42 bits per heavy atom. The van der Waals surface area contributed by atoms with Gasteiger partial charge in [0.25, 0.3) is 5.91 Å². The molecule has 1 heterocycles. The van der Waals surface area contributed by atoms with Gasteiger partial charge in [0.05, 0.1) is 6.10 Å². The molecular formula is C19H28ClN3O3. The fraction of sp³-hybridized carbons (Fsp3) is 0.579. The van der Waals surface area contributed by atoms with Crippen LogP contribution in [0.25, 0.3) is 0 Å². The second-order valence-corrected chi connectivity index (χ2v) is 7.86. The summed E-state index contributed by atoms with van der Waals surface area (Å²) in [6.07, 6.45) is 1.89. The monoisotopic (exact) mass is 381 g/mol. The highest BCUT2D eigenvalue weighted by molar-refractivity contribution is 6.01. The van der Waals surface area contributed by atoms with E-state index in [0.29, 0.717) is 11.3 Å². The second kappa shape index (κ2) is 7.18. The lowest BCUT2D eigenvalue weighted by Gasteiger charge is -2.65. The molecule has 1 aromatic rings. The number of nitrogens with two attached hydrogens (primary N) is 1. The molecule has 1 saturated heterocycles. The van der Waals surface area contributed by atoms with Crippen molar-refractivity contribution in [2.24, 2.45) is 17.1 Å². The van der Waals surface area contributed by atoms with Crippen LogP contribution < -0.4 is 11.1 Å². The molecule has 144 valence electrons. The molecule has 6 nitrogen and oxygen atoms in total. The van der Waals surface area contributed by atoms with Gasteiger partial charge >= 0.3 is 0 Å². The van der Waals surface area contributed by atoms with E-state index in [1.54, 1.807) is 38.4 Å². The molecule has 2 aliphatic rings. The number of nitrogens with zero attached hydrogens (tertiary/aromatic N) is 1. The van der Waals surface area contributed by atoms with Gasteiger partial charge in [-0.2, -0.15) is 0 Å². The third-order valence-electron chi connectivity index (χ3n) is 5.86. The summed E-state index contributed by atoms with van der Waals surface area (Å²) in [5.74, 6) is -0.211. The van der Waals surface area contributed by atoms with E-state index in [0.717, 1.165) is 19.4 Å². The third kappa shape index (κ3) is 3.00. The minimum Gasteiger partial charge on any atom is -0.377 e. The van der Waals surface area contributed by atoms with Gasteiger partial charge in [-0.1, -0.05) is 13.8 Å². The molecule has 1 aliphatic heterocycles. The summed E-state index contributed by atoms with van der Waals surface area (Å²) in [7, 11) is 3.41. The van der Waals surface area contributed by atoms with Crippen molar-refractivity contribution < 1.29 is 14.3 Å². The minimum atomic E-state index is -0.948. The summed E-state index contributed by atoms with van der Waals surface area (Å²) in [5, 5.41) is 2.92. The number of halogens is 1. The minimum absolute atomic E-state index is 0. The Bertz CT molecular complexity index is 690. The van der Waals surface area contributed by atoms with E-state index >= 15 is 0 Å². The van der Waals surface area contributed by atoms with E-state index in [9.17, 15) is 9.59 Å². The largest absolute Gasteiger partial charge is 0.377 e. The fourth-order valence-electron chi connectivity index (χ4n) is 4.23. The van der Waals surface area contributed by atoms with Crippen LogP contribution in [-0.4, -0.2) is 49.1 Å². The highest BCUT2D eigenvalue weighted by Crippen LogP contribution is 2.57. The number of hydrogen-bond acceptors (Lipinski definition) is 4. The number of ether oxygens (including phenoxy) is 1. The molecule has 3 unspecified atom stereocenters. The SMILES string of the molecule is CN(C)C(=O)c1ccc(NC(=O)C2(N)C3CCCOC3C2(C)C)cc1.Cl. The third-order valence-corrected chi connectivity index (χ3v) is 5.86. The van der Waals surface area contributed by atoms with Crippen LogP contribution in [0.5, 0.6) is 0 Å². The molecular weight excluding hydrogens is 354 g/mol. The average Bonchev–Trinajstić information content (AvgIpc) is 2.60. The summed E-state index contributed by atoms with van der Waals surface area (Å²) in [6.45, 7) is 4.74. The summed E-state index contributed by atoms with van der Waals surface area (Å²) >= 11 is 0. The highest BCUT2D eigenvalue weighted by atomic mass is 35.5. The number of carbonyl (C=O) groups excluding carboxylic acids is 2. The molecule has 2 amide bonds. The van der Waals surface area contributed by atoms with Crippen LogP contribution in [0.2, 0.25) is 0 Å².